The number of fused-ring (bicyclic) bond motifs is 4. The number of aromatic nitrogens is 2. The highest BCUT2D eigenvalue weighted by molar-refractivity contribution is 6.98. The molecule has 8 nitrogen and oxygen atoms in total. The van der Waals surface area contributed by atoms with E-state index in [-0.39, 0.29) is 17.8 Å². The van der Waals surface area contributed by atoms with Crippen LogP contribution in [0.25, 0.3) is 22.5 Å². The summed E-state index contributed by atoms with van der Waals surface area (Å²) in [7, 11) is 0. The van der Waals surface area contributed by atoms with Crippen molar-refractivity contribution in [1.82, 2.24) is 9.97 Å². The first-order valence-corrected chi connectivity index (χ1v) is 16.9. The third kappa shape index (κ3) is 4.66. The summed E-state index contributed by atoms with van der Waals surface area (Å²) in [5.41, 5.74) is 9.04. The van der Waals surface area contributed by atoms with Crippen LogP contribution >= 0.6 is 0 Å². The zero-order valence-corrected chi connectivity index (χ0v) is 28.7. The standard InChI is InChI=1S/C40H37BN6O2/c1-24-44-22-39(3,4)46(24)28-12-16-32(42-20-28)26-10-14-30-36(18-26)48-34-8-7-9-35-38(34)41(30)31-15-11-27(19-37(31)49-35)33-17-13-29(21-43-33)47-25(2)45-23-40(47,5)6/h7-21H,22-23H2,1-6H3. The average molecular weight is 645 g/mol. The average Bonchev–Trinajstić information content (AvgIpc) is 3.54. The topological polar surface area (TPSA) is 75.4 Å². The van der Waals surface area contributed by atoms with Gasteiger partial charge in [-0.3, -0.25) is 20.0 Å². The second-order valence-corrected chi connectivity index (χ2v) is 14.6. The molecule has 0 fully saturated rings. The van der Waals surface area contributed by atoms with Gasteiger partial charge in [0, 0.05) is 16.6 Å². The Morgan fingerprint density at radius 3 is 1.45 bits per heavy atom. The van der Waals surface area contributed by atoms with Crippen molar-refractivity contribution in [3.05, 3.63) is 91.3 Å². The molecule has 0 saturated heterocycles. The molecule has 0 saturated carbocycles. The monoisotopic (exact) mass is 644 g/mol. The predicted octanol–water partition coefficient (Wildman–Crippen LogP) is 6.57. The summed E-state index contributed by atoms with van der Waals surface area (Å²) in [6.07, 6.45) is 3.89. The van der Waals surface area contributed by atoms with Gasteiger partial charge in [-0.15, -0.1) is 0 Å². The molecule has 49 heavy (non-hydrogen) atoms. The number of rotatable bonds is 4. The highest BCUT2D eigenvalue weighted by Crippen LogP contribution is 2.38. The Morgan fingerprint density at radius 1 is 0.592 bits per heavy atom. The van der Waals surface area contributed by atoms with Gasteiger partial charge in [-0.05, 0) is 101 Å². The van der Waals surface area contributed by atoms with Crippen LogP contribution < -0.4 is 35.7 Å². The van der Waals surface area contributed by atoms with Crippen LogP contribution in [0, 0.1) is 0 Å². The molecule has 242 valence electrons. The molecule has 0 bridgehead atoms. The molecule has 2 aromatic heterocycles. The van der Waals surface area contributed by atoms with Crippen LogP contribution in [0.15, 0.2) is 101 Å². The summed E-state index contributed by atoms with van der Waals surface area (Å²) < 4.78 is 13.1. The molecule has 9 rings (SSSR count). The highest BCUT2D eigenvalue weighted by Gasteiger charge is 2.40. The van der Waals surface area contributed by atoms with Crippen LogP contribution in [0.5, 0.6) is 23.0 Å². The van der Waals surface area contributed by atoms with E-state index in [0.29, 0.717) is 0 Å². The maximum absolute atomic E-state index is 6.56. The minimum Gasteiger partial charge on any atom is -0.458 e. The lowest BCUT2D eigenvalue weighted by Gasteiger charge is -2.33. The van der Waals surface area contributed by atoms with E-state index in [2.05, 4.69) is 122 Å². The molecule has 5 aromatic rings. The number of aliphatic imine (C=N–C) groups is 2. The summed E-state index contributed by atoms with van der Waals surface area (Å²) in [6.45, 7) is 14.5. The molecule has 0 radical (unpaired) electrons. The number of pyridine rings is 2. The molecule has 0 amide bonds. The van der Waals surface area contributed by atoms with E-state index in [1.807, 2.05) is 30.6 Å². The van der Waals surface area contributed by atoms with Gasteiger partial charge in [-0.25, -0.2) is 0 Å². The van der Waals surface area contributed by atoms with Crippen molar-refractivity contribution in [3.63, 3.8) is 0 Å². The number of nitrogens with zero attached hydrogens (tertiary/aromatic N) is 6. The summed E-state index contributed by atoms with van der Waals surface area (Å²) in [5, 5.41) is 0. The Bertz CT molecular complexity index is 2070. The quantitative estimate of drug-likeness (QED) is 0.202. The Morgan fingerprint density at radius 2 is 1.06 bits per heavy atom. The van der Waals surface area contributed by atoms with E-state index in [0.717, 1.165) is 98.0 Å². The molecule has 0 unspecified atom stereocenters. The van der Waals surface area contributed by atoms with Gasteiger partial charge < -0.3 is 19.3 Å². The maximum atomic E-state index is 6.56. The number of anilines is 2. The van der Waals surface area contributed by atoms with Crippen molar-refractivity contribution < 1.29 is 9.47 Å². The zero-order chi connectivity index (χ0) is 33.7. The fraction of sp³-hybridized carbons (Fsp3) is 0.250. The highest BCUT2D eigenvalue weighted by atomic mass is 16.5. The van der Waals surface area contributed by atoms with Gasteiger partial charge in [0.15, 0.2) is 0 Å². The van der Waals surface area contributed by atoms with Crippen LogP contribution in [0.3, 0.4) is 0 Å². The predicted molar refractivity (Wildman–Crippen MR) is 200 cm³/mol. The molecule has 6 heterocycles. The minimum atomic E-state index is -0.0687. The third-order valence-electron chi connectivity index (χ3n) is 10.3. The SMILES string of the molecule is CC1=NCC(C)(C)N1c1ccc(-c2ccc3c(c2)Oc2cccc4c2B3c2ccc(-c3ccc(N5C(C)=NCC5(C)C)cn3)cc2O4)nc1. The summed E-state index contributed by atoms with van der Waals surface area (Å²) in [6, 6.07) is 27.4. The van der Waals surface area contributed by atoms with Gasteiger partial charge in [0.05, 0.1) is 59.3 Å². The van der Waals surface area contributed by atoms with E-state index in [9.17, 15) is 0 Å². The lowest BCUT2D eigenvalue weighted by molar-refractivity contribution is 0.464. The van der Waals surface area contributed by atoms with Crippen LogP contribution in [0.2, 0.25) is 0 Å². The van der Waals surface area contributed by atoms with Crippen LogP contribution in [-0.2, 0) is 0 Å². The molecule has 0 aliphatic carbocycles. The van der Waals surface area contributed by atoms with E-state index < -0.39 is 0 Å². The molecule has 0 atom stereocenters. The Hall–Kier alpha value is -5.44. The fourth-order valence-electron chi connectivity index (χ4n) is 7.97. The van der Waals surface area contributed by atoms with Crippen LogP contribution in [-0.4, -0.2) is 52.5 Å². The van der Waals surface area contributed by atoms with Crippen molar-refractivity contribution in [2.75, 3.05) is 22.9 Å². The van der Waals surface area contributed by atoms with Crippen molar-refractivity contribution in [2.45, 2.75) is 52.6 Å². The maximum Gasteiger partial charge on any atom is 0.260 e. The van der Waals surface area contributed by atoms with Crippen molar-refractivity contribution in [1.29, 1.82) is 0 Å². The first kappa shape index (κ1) is 29.7. The smallest absolute Gasteiger partial charge is 0.260 e. The second-order valence-electron chi connectivity index (χ2n) is 14.6. The number of benzene rings is 3. The Balaban J connectivity index is 1.04. The summed E-state index contributed by atoms with van der Waals surface area (Å²) >= 11 is 0. The lowest BCUT2D eigenvalue weighted by atomic mass is 9.35. The van der Waals surface area contributed by atoms with E-state index in [1.54, 1.807) is 0 Å². The van der Waals surface area contributed by atoms with Crippen LogP contribution in [0.4, 0.5) is 11.4 Å². The third-order valence-corrected chi connectivity index (χ3v) is 10.3. The van der Waals surface area contributed by atoms with E-state index >= 15 is 0 Å². The number of ether oxygens (including phenoxy) is 2. The molecule has 0 N–H and O–H groups in total. The molecular weight excluding hydrogens is 607 g/mol. The first-order valence-electron chi connectivity index (χ1n) is 16.9. The van der Waals surface area contributed by atoms with Gasteiger partial charge in [0.1, 0.15) is 34.7 Å². The zero-order valence-electron chi connectivity index (χ0n) is 28.7. The lowest BCUT2D eigenvalue weighted by Crippen LogP contribution is -2.57. The fourth-order valence-corrected chi connectivity index (χ4v) is 7.97. The Labute approximate surface area is 287 Å². The molecule has 0 spiro atoms. The number of amidine groups is 2. The first-order chi connectivity index (χ1) is 23.6. The normalized spacial score (nSPS) is 17.8. The van der Waals surface area contributed by atoms with Gasteiger partial charge in [-0.2, -0.15) is 0 Å². The van der Waals surface area contributed by atoms with Crippen molar-refractivity contribution >= 4 is 46.1 Å². The van der Waals surface area contributed by atoms with Crippen molar-refractivity contribution in [2.24, 2.45) is 9.98 Å². The summed E-state index contributed by atoms with van der Waals surface area (Å²) in [5.74, 6) is 5.34. The molecule has 4 aliphatic heterocycles. The summed E-state index contributed by atoms with van der Waals surface area (Å²) in [4.78, 5) is 23.6. The molecular formula is C40H37BN6O2. The Kier molecular flexibility index (Phi) is 6.38. The number of hydrogen-bond donors (Lipinski definition) is 0. The van der Waals surface area contributed by atoms with Gasteiger partial charge in [0.2, 0.25) is 0 Å². The number of hydrogen-bond acceptors (Lipinski definition) is 8. The minimum absolute atomic E-state index is 0.0215. The second kappa shape index (κ2) is 10.5. The van der Waals surface area contributed by atoms with Crippen LogP contribution in [0.1, 0.15) is 41.5 Å². The van der Waals surface area contributed by atoms with Gasteiger partial charge >= 0.3 is 0 Å². The van der Waals surface area contributed by atoms with Gasteiger partial charge in [-0.1, -0.05) is 30.3 Å². The van der Waals surface area contributed by atoms with E-state index in [1.165, 1.54) is 0 Å². The largest absolute Gasteiger partial charge is 0.458 e. The molecule has 4 aliphatic rings. The molecule has 3 aromatic carbocycles. The van der Waals surface area contributed by atoms with Gasteiger partial charge in [0.25, 0.3) is 6.71 Å². The van der Waals surface area contributed by atoms with Crippen molar-refractivity contribution in [3.8, 4) is 45.5 Å². The molecule has 9 heteroatoms. The van der Waals surface area contributed by atoms with E-state index in [4.69, 9.17) is 19.4 Å².